The van der Waals surface area contributed by atoms with Crippen molar-refractivity contribution in [3.8, 4) is 0 Å². The van der Waals surface area contributed by atoms with Gasteiger partial charge in [0.15, 0.2) is 0 Å². The van der Waals surface area contributed by atoms with Crippen LogP contribution < -0.4 is 5.46 Å². The highest BCUT2D eigenvalue weighted by Crippen LogP contribution is 2.44. The molecule has 1 aromatic carbocycles. The normalized spacial score (nSPS) is 23.5. The maximum atomic E-state index is 12.6. The lowest BCUT2D eigenvalue weighted by molar-refractivity contribution is 0.0375. The molecule has 0 radical (unpaired) electrons. The summed E-state index contributed by atoms with van der Waals surface area (Å²) < 4.78 is 6.28. The first kappa shape index (κ1) is 17.5. The third kappa shape index (κ3) is 3.24. The number of piperazine rings is 1. The Morgan fingerprint density at radius 3 is 2.12 bits per heavy atom. The van der Waals surface area contributed by atoms with Gasteiger partial charge in [-0.2, -0.15) is 0 Å². The fourth-order valence-corrected chi connectivity index (χ4v) is 3.48. The molecular formula is C19H29BN2O2. The van der Waals surface area contributed by atoms with Crippen molar-refractivity contribution in [3.63, 3.8) is 0 Å². The van der Waals surface area contributed by atoms with Crippen LogP contribution in [0.15, 0.2) is 24.3 Å². The van der Waals surface area contributed by atoms with Crippen molar-refractivity contribution in [2.75, 3.05) is 33.2 Å². The van der Waals surface area contributed by atoms with Gasteiger partial charge >= 0.3 is 6.92 Å². The number of rotatable bonds is 2. The van der Waals surface area contributed by atoms with Gasteiger partial charge in [0.25, 0.3) is 5.91 Å². The van der Waals surface area contributed by atoms with E-state index in [4.69, 9.17) is 4.65 Å². The number of hydrogen-bond donors (Lipinski definition) is 0. The van der Waals surface area contributed by atoms with E-state index in [1.807, 2.05) is 17.0 Å². The van der Waals surface area contributed by atoms with E-state index in [0.29, 0.717) is 0 Å². The molecule has 130 valence electrons. The lowest BCUT2D eigenvalue weighted by atomic mass is 9.54. The number of benzene rings is 1. The van der Waals surface area contributed by atoms with E-state index in [2.05, 4.69) is 51.8 Å². The number of nitrogens with zero attached hydrogens (tertiary/aromatic N) is 2. The maximum absolute atomic E-state index is 12.6. The average molecular weight is 328 g/mol. The predicted octanol–water partition coefficient (Wildman–Crippen LogP) is 2.11. The van der Waals surface area contributed by atoms with Crippen molar-refractivity contribution in [1.29, 1.82) is 0 Å². The van der Waals surface area contributed by atoms with E-state index in [-0.39, 0.29) is 23.8 Å². The highest BCUT2D eigenvalue weighted by Gasteiger charge is 2.49. The van der Waals surface area contributed by atoms with E-state index < -0.39 is 0 Å². The molecule has 2 heterocycles. The summed E-state index contributed by atoms with van der Waals surface area (Å²) in [5, 5.41) is 0. The average Bonchev–Trinajstić information content (AvgIpc) is 2.76. The number of carbonyl (C=O) groups excluding carboxylic acids is 1. The molecule has 0 N–H and O–H groups in total. The first-order valence-corrected chi connectivity index (χ1v) is 8.95. The molecule has 5 heteroatoms. The number of carbonyl (C=O) groups is 1. The van der Waals surface area contributed by atoms with Crippen molar-refractivity contribution in [2.45, 2.75) is 39.6 Å². The number of likely N-dealkylation sites (N-methyl/N-ethyl adjacent to an activating group) is 1. The highest BCUT2D eigenvalue weighted by atomic mass is 16.5. The summed E-state index contributed by atoms with van der Waals surface area (Å²) in [6, 6.07) is 8.03. The van der Waals surface area contributed by atoms with Crippen LogP contribution in [0, 0.1) is 5.41 Å². The zero-order valence-electron chi connectivity index (χ0n) is 15.6. The molecule has 0 bridgehead atoms. The fraction of sp³-hybridized carbons (Fsp3) is 0.632. The Labute approximate surface area is 146 Å². The standard InChI is InChI=1S/C19H29BN2O2/c1-18(2)14-20(24-19(18,3)4)16-8-6-15(7-9-16)17(23)22-12-10-21(5)11-13-22/h6-9H,10-14H2,1-5H3. The molecule has 24 heavy (non-hydrogen) atoms. The Kier molecular flexibility index (Phi) is 4.52. The quantitative estimate of drug-likeness (QED) is 0.780. The minimum atomic E-state index is -0.133. The third-order valence-electron chi connectivity index (χ3n) is 6.08. The van der Waals surface area contributed by atoms with E-state index in [1.54, 1.807) is 0 Å². The smallest absolute Gasteiger partial charge is 0.327 e. The van der Waals surface area contributed by atoms with E-state index in [0.717, 1.165) is 38.1 Å². The van der Waals surface area contributed by atoms with Crippen LogP contribution in [0.1, 0.15) is 38.1 Å². The Bertz CT molecular complexity index is 588. The summed E-state index contributed by atoms with van der Waals surface area (Å²) in [6.07, 6.45) is 1.01. The van der Waals surface area contributed by atoms with Gasteiger partial charge in [-0.3, -0.25) is 4.79 Å². The van der Waals surface area contributed by atoms with Gasteiger partial charge in [-0.15, -0.1) is 0 Å². The Morgan fingerprint density at radius 2 is 1.62 bits per heavy atom. The molecule has 0 saturated carbocycles. The lowest BCUT2D eigenvalue weighted by Gasteiger charge is -2.34. The Hall–Kier alpha value is -1.33. The van der Waals surface area contributed by atoms with Gasteiger partial charge < -0.3 is 14.5 Å². The summed E-state index contributed by atoms with van der Waals surface area (Å²) in [6.45, 7) is 12.5. The minimum absolute atomic E-state index is 0.114. The van der Waals surface area contributed by atoms with Crippen molar-refractivity contribution >= 4 is 18.3 Å². The van der Waals surface area contributed by atoms with Gasteiger partial charge in [0.2, 0.25) is 0 Å². The largest absolute Gasteiger partial charge is 0.426 e. The van der Waals surface area contributed by atoms with Crippen LogP contribution in [0.4, 0.5) is 0 Å². The van der Waals surface area contributed by atoms with Crippen LogP contribution in [0.2, 0.25) is 6.32 Å². The summed E-state index contributed by atoms with van der Waals surface area (Å²) in [7, 11) is 2.10. The number of amides is 1. The molecule has 4 nitrogen and oxygen atoms in total. The zero-order chi connectivity index (χ0) is 17.5. The van der Waals surface area contributed by atoms with Gasteiger partial charge in [0.1, 0.15) is 0 Å². The first-order valence-electron chi connectivity index (χ1n) is 8.95. The van der Waals surface area contributed by atoms with Crippen molar-refractivity contribution in [3.05, 3.63) is 29.8 Å². The van der Waals surface area contributed by atoms with E-state index in [9.17, 15) is 4.79 Å². The molecule has 3 rings (SSSR count). The molecule has 1 amide bonds. The van der Waals surface area contributed by atoms with Crippen LogP contribution in [0.5, 0.6) is 0 Å². The lowest BCUT2D eigenvalue weighted by Crippen LogP contribution is -2.47. The number of hydrogen-bond acceptors (Lipinski definition) is 3. The molecule has 1 aromatic rings. The van der Waals surface area contributed by atoms with Gasteiger partial charge in [-0.05, 0) is 50.2 Å². The van der Waals surface area contributed by atoms with Crippen molar-refractivity contribution in [1.82, 2.24) is 9.80 Å². The highest BCUT2D eigenvalue weighted by molar-refractivity contribution is 6.68. The Morgan fingerprint density at radius 1 is 1.04 bits per heavy atom. The van der Waals surface area contributed by atoms with Crippen LogP contribution in [0.25, 0.3) is 0 Å². The van der Waals surface area contributed by atoms with E-state index in [1.165, 1.54) is 5.46 Å². The van der Waals surface area contributed by atoms with Crippen LogP contribution in [-0.2, 0) is 4.65 Å². The van der Waals surface area contributed by atoms with Gasteiger partial charge in [-0.1, -0.05) is 26.0 Å². The van der Waals surface area contributed by atoms with Crippen LogP contribution in [0.3, 0.4) is 0 Å². The molecule has 2 aliphatic heterocycles. The summed E-state index contributed by atoms with van der Waals surface area (Å²) in [5.74, 6) is 0.141. The topological polar surface area (TPSA) is 32.8 Å². The second kappa shape index (κ2) is 6.19. The maximum Gasteiger partial charge on any atom is 0.327 e. The SMILES string of the molecule is CN1CCN(C(=O)c2ccc(B3CC(C)(C)C(C)(C)O3)cc2)CC1. The van der Waals surface area contributed by atoms with Crippen molar-refractivity contribution < 1.29 is 9.45 Å². The molecule has 2 fully saturated rings. The minimum Gasteiger partial charge on any atom is -0.426 e. The molecule has 0 aromatic heterocycles. The van der Waals surface area contributed by atoms with Gasteiger partial charge in [-0.25, -0.2) is 0 Å². The molecule has 0 spiro atoms. The molecule has 2 saturated heterocycles. The first-order chi connectivity index (χ1) is 11.2. The molecule has 0 aliphatic carbocycles. The second-order valence-corrected chi connectivity index (χ2v) is 8.42. The van der Waals surface area contributed by atoms with E-state index >= 15 is 0 Å². The summed E-state index contributed by atoms with van der Waals surface area (Å²) >= 11 is 0. The monoisotopic (exact) mass is 328 g/mol. The van der Waals surface area contributed by atoms with Gasteiger partial charge in [0.05, 0.1) is 5.60 Å². The van der Waals surface area contributed by atoms with Crippen LogP contribution in [-0.4, -0.2) is 61.5 Å². The molecule has 0 unspecified atom stereocenters. The third-order valence-corrected chi connectivity index (χ3v) is 6.08. The van der Waals surface area contributed by atoms with Crippen molar-refractivity contribution in [2.24, 2.45) is 5.41 Å². The van der Waals surface area contributed by atoms with Gasteiger partial charge in [0, 0.05) is 31.7 Å². The Balaban J connectivity index is 1.69. The van der Waals surface area contributed by atoms with Crippen LogP contribution >= 0.6 is 0 Å². The summed E-state index contributed by atoms with van der Waals surface area (Å²) in [5.41, 5.74) is 1.96. The molecule has 2 aliphatic rings. The second-order valence-electron chi connectivity index (χ2n) is 8.42. The zero-order valence-corrected chi connectivity index (χ0v) is 15.6. The predicted molar refractivity (Wildman–Crippen MR) is 99.0 cm³/mol. The fourth-order valence-electron chi connectivity index (χ4n) is 3.48. The summed E-state index contributed by atoms with van der Waals surface area (Å²) in [4.78, 5) is 16.8. The molecular weight excluding hydrogens is 299 g/mol. The molecule has 0 atom stereocenters.